The molecule has 7 heteroatoms. The molecule has 4 rings (SSSR count). The number of esters is 1. The normalized spacial score (nSPS) is 17.7. The van der Waals surface area contributed by atoms with Gasteiger partial charge >= 0.3 is 5.97 Å². The Bertz CT molecular complexity index is 1010. The molecule has 1 amide bonds. The summed E-state index contributed by atoms with van der Waals surface area (Å²) >= 11 is 3.39. The van der Waals surface area contributed by atoms with Gasteiger partial charge < -0.3 is 15.4 Å². The summed E-state index contributed by atoms with van der Waals surface area (Å²) in [6.45, 7) is 0. The van der Waals surface area contributed by atoms with Gasteiger partial charge in [0.05, 0.1) is 23.9 Å². The molecule has 2 aromatic carbocycles. The number of benzene rings is 2. The summed E-state index contributed by atoms with van der Waals surface area (Å²) < 4.78 is 5.42. The quantitative estimate of drug-likeness (QED) is 0.569. The number of hydrogen-bond acceptors (Lipinski definition) is 5. The summed E-state index contributed by atoms with van der Waals surface area (Å²) in [4.78, 5) is 36.9. The number of hydrogen-bond donors (Lipinski definition) is 2. The van der Waals surface area contributed by atoms with E-state index in [4.69, 9.17) is 0 Å². The van der Waals surface area contributed by atoms with Gasteiger partial charge in [-0.25, -0.2) is 4.79 Å². The minimum Gasteiger partial charge on any atom is -0.465 e. The fourth-order valence-corrected chi connectivity index (χ4v) is 3.46. The number of ether oxygens (including phenoxy) is 1. The Morgan fingerprint density at radius 3 is 2.64 bits per heavy atom. The van der Waals surface area contributed by atoms with Crippen molar-refractivity contribution in [2.45, 2.75) is 0 Å². The molecule has 0 unspecified atom stereocenters. The highest BCUT2D eigenvalue weighted by atomic mass is 79.9. The molecule has 25 heavy (non-hydrogen) atoms. The zero-order chi connectivity index (χ0) is 17.7. The number of rotatable bonds is 1. The molecular weight excluding hydrogens is 388 g/mol. The van der Waals surface area contributed by atoms with E-state index in [1.165, 1.54) is 13.2 Å². The van der Waals surface area contributed by atoms with Crippen LogP contribution in [-0.2, 0) is 9.53 Å². The van der Waals surface area contributed by atoms with E-state index in [1.54, 1.807) is 24.3 Å². The molecule has 2 heterocycles. The average molecular weight is 399 g/mol. The van der Waals surface area contributed by atoms with Crippen molar-refractivity contribution in [1.29, 1.82) is 0 Å². The number of para-hydroxylation sites is 1. The second-order valence-corrected chi connectivity index (χ2v) is 6.43. The second kappa shape index (κ2) is 5.56. The Balaban J connectivity index is 1.85. The SMILES string of the molecule is COC(=O)c1ccc2c(c1)C(=O)/C(=C1/C(=O)Nc3c(Br)cccc31)N2. The molecule has 0 atom stereocenters. The van der Waals surface area contributed by atoms with Crippen LogP contribution in [0.4, 0.5) is 11.4 Å². The maximum absolute atomic E-state index is 12.8. The van der Waals surface area contributed by atoms with Crippen molar-refractivity contribution < 1.29 is 19.1 Å². The first-order valence-electron chi connectivity index (χ1n) is 7.40. The lowest BCUT2D eigenvalue weighted by Gasteiger charge is -2.04. The Labute approximate surface area is 151 Å². The Morgan fingerprint density at radius 2 is 1.88 bits per heavy atom. The van der Waals surface area contributed by atoms with Crippen LogP contribution in [0.1, 0.15) is 26.3 Å². The highest BCUT2D eigenvalue weighted by Crippen LogP contribution is 2.41. The number of nitrogens with one attached hydrogen (secondary N) is 2. The predicted molar refractivity (Wildman–Crippen MR) is 95.4 cm³/mol. The predicted octanol–water partition coefficient (Wildman–Crippen LogP) is 3.21. The van der Waals surface area contributed by atoms with Crippen LogP contribution in [-0.4, -0.2) is 24.8 Å². The fraction of sp³-hybridized carbons (Fsp3) is 0.0556. The smallest absolute Gasteiger partial charge is 0.337 e. The van der Waals surface area contributed by atoms with Gasteiger partial charge in [-0.3, -0.25) is 9.59 Å². The summed E-state index contributed by atoms with van der Waals surface area (Å²) in [5, 5.41) is 5.77. The van der Waals surface area contributed by atoms with Gasteiger partial charge in [0.15, 0.2) is 0 Å². The van der Waals surface area contributed by atoms with Crippen molar-refractivity contribution >= 4 is 50.5 Å². The zero-order valence-electron chi connectivity index (χ0n) is 13.0. The molecule has 0 saturated heterocycles. The lowest BCUT2D eigenvalue weighted by Crippen LogP contribution is -2.11. The third-order valence-corrected chi connectivity index (χ3v) is 4.83. The van der Waals surface area contributed by atoms with Crippen LogP contribution < -0.4 is 10.6 Å². The van der Waals surface area contributed by atoms with Crippen LogP contribution in [0.25, 0.3) is 5.57 Å². The maximum Gasteiger partial charge on any atom is 0.337 e. The molecular formula is C18H11BrN2O4. The minimum atomic E-state index is -0.524. The van der Waals surface area contributed by atoms with Gasteiger partial charge in [-0.1, -0.05) is 12.1 Å². The van der Waals surface area contributed by atoms with E-state index in [0.29, 0.717) is 22.5 Å². The molecule has 0 bridgehead atoms. The van der Waals surface area contributed by atoms with Crippen LogP contribution in [0.2, 0.25) is 0 Å². The first-order chi connectivity index (χ1) is 12.0. The van der Waals surface area contributed by atoms with Crippen LogP contribution in [0, 0.1) is 0 Å². The highest BCUT2D eigenvalue weighted by Gasteiger charge is 2.36. The number of carbonyl (C=O) groups is 3. The van der Waals surface area contributed by atoms with Crippen molar-refractivity contribution in [2.75, 3.05) is 17.7 Å². The van der Waals surface area contributed by atoms with E-state index in [0.717, 1.165) is 4.47 Å². The van der Waals surface area contributed by atoms with Crippen LogP contribution in [0.5, 0.6) is 0 Å². The number of ketones is 1. The second-order valence-electron chi connectivity index (χ2n) is 5.57. The lowest BCUT2D eigenvalue weighted by atomic mass is 10.0. The molecule has 2 aliphatic heterocycles. The van der Waals surface area contributed by atoms with Gasteiger partial charge in [0.25, 0.3) is 5.91 Å². The van der Waals surface area contributed by atoms with Crippen molar-refractivity contribution in [1.82, 2.24) is 0 Å². The number of anilines is 2. The molecule has 0 aliphatic carbocycles. The molecule has 2 aliphatic rings. The number of methoxy groups -OCH3 is 1. The highest BCUT2D eigenvalue weighted by molar-refractivity contribution is 9.10. The number of Topliss-reactive ketones (excluding diaryl/α,β-unsaturated/α-hetero) is 1. The number of allylic oxidation sites excluding steroid dienone is 1. The number of fused-ring (bicyclic) bond motifs is 2. The zero-order valence-corrected chi connectivity index (χ0v) is 14.6. The standard InChI is InChI=1S/C18H11BrN2O4/c1-25-18(24)8-5-6-12-10(7-8)16(22)15(20-12)13-9-3-2-4-11(19)14(9)21-17(13)23/h2-7,20H,1H3,(H,21,23)/b15-13-. The third-order valence-electron chi connectivity index (χ3n) is 4.17. The number of halogens is 1. The van der Waals surface area contributed by atoms with Gasteiger partial charge in [0.1, 0.15) is 5.70 Å². The molecule has 0 aromatic heterocycles. The van der Waals surface area contributed by atoms with E-state index in [2.05, 4.69) is 31.3 Å². The van der Waals surface area contributed by atoms with Crippen molar-refractivity contribution in [2.24, 2.45) is 0 Å². The molecule has 2 N–H and O–H groups in total. The topological polar surface area (TPSA) is 84.5 Å². The minimum absolute atomic E-state index is 0.200. The summed E-state index contributed by atoms with van der Waals surface area (Å²) in [5.74, 6) is -1.21. The molecule has 2 aromatic rings. The fourth-order valence-electron chi connectivity index (χ4n) is 2.99. The first kappa shape index (κ1) is 15.6. The molecule has 0 saturated carbocycles. The van der Waals surface area contributed by atoms with E-state index in [1.807, 2.05) is 6.07 Å². The third kappa shape index (κ3) is 2.27. The van der Waals surface area contributed by atoms with Crippen LogP contribution in [0.3, 0.4) is 0 Å². The largest absolute Gasteiger partial charge is 0.465 e. The van der Waals surface area contributed by atoms with Gasteiger partial charge in [-0.2, -0.15) is 0 Å². The van der Waals surface area contributed by atoms with E-state index < -0.39 is 5.97 Å². The Hall–Kier alpha value is -2.93. The molecule has 0 spiro atoms. The molecule has 0 radical (unpaired) electrons. The van der Waals surface area contributed by atoms with Crippen molar-refractivity contribution in [3.05, 3.63) is 63.3 Å². The monoisotopic (exact) mass is 398 g/mol. The lowest BCUT2D eigenvalue weighted by molar-refractivity contribution is -0.110. The maximum atomic E-state index is 12.8. The van der Waals surface area contributed by atoms with Crippen LogP contribution in [0.15, 0.2) is 46.6 Å². The average Bonchev–Trinajstić information content (AvgIpc) is 3.11. The summed E-state index contributed by atoms with van der Waals surface area (Å²) in [6.07, 6.45) is 0. The summed E-state index contributed by atoms with van der Waals surface area (Å²) in [5.41, 5.74) is 2.94. The van der Waals surface area contributed by atoms with E-state index >= 15 is 0 Å². The number of amides is 1. The first-order valence-corrected chi connectivity index (χ1v) is 8.19. The summed E-state index contributed by atoms with van der Waals surface area (Å²) in [6, 6.07) is 10.1. The van der Waals surface area contributed by atoms with E-state index in [9.17, 15) is 14.4 Å². The van der Waals surface area contributed by atoms with Gasteiger partial charge in [0.2, 0.25) is 5.78 Å². The molecule has 6 nitrogen and oxygen atoms in total. The van der Waals surface area contributed by atoms with Crippen LogP contribution >= 0.6 is 15.9 Å². The number of carbonyl (C=O) groups excluding carboxylic acids is 3. The van der Waals surface area contributed by atoms with E-state index in [-0.39, 0.29) is 28.5 Å². The van der Waals surface area contributed by atoms with Gasteiger partial charge in [-0.15, -0.1) is 0 Å². The molecule has 0 fully saturated rings. The Kier molecular flexibility index (Phi) is 3.47. The van der Waals surface area contributed by atoms with Gasteiger partial charge in [-0.05, 0) is 40.2 Å². The van der Waals surface area contributed by atoms with Crippen molar-refractivity contribution in [3.8, 4) is 0 Å². The Morgan fingerprint density at radius 1 is 1.08 bits per heavy atom. The van der Waals surface area contributed by atoms with Crippen molar-refractivity contribution in [3.63, 3.8) is 0 Å². The summed E-state index contributed by atoms with van der Waals surface area (Å²) in [7, 11) is 1.28. The molecule has 124 valence electrons. The van der Waals surface area contributed by atoms with Gasteiger partial charge in [0, 0.05) is 21.3 Å².